The maximum atomic E-state index is 12.3. The van der Waals surface area contributed by atoms with Crippen molar-refractivity contribution in [1.29, 1.82) is 0 Å². The van der Waals surface area contributed by atoms with Crippen molar-refractivity contribution < 1.29 is 18.4 Å². The van der Waals surface area contributed by atoms with E-state index in [4.69, 9.17) is 5.21 Å². The van der Waals surface area contributed by atoms with Gasteiger partial charge in [0.15, 0.2) is 0 Å². The van der Waals surface area contributed by atoms with Gasteiger partial charge in [-0.2, -0.15) is 4.72 Å². The van der Waals surface area contributed by atoms with Crippen molar-refractivity contribution in [2.45, 2.75) is 17.4 Å². The number of amides is 1. The van der Waals surface area contributed by atoms with Crippen LogP contribution in [0, 0.1) is 0 Å². The van der Waals surface area contributed by atoms with Crippen LogP contribution in [0.3, 0.4) is 0 Å². The summed E-state index contributed by atoms with van der Waals surface area (Å²) < 4.78 is 26.9. The molecule has 2 rings (SSSR count). The highest BCUT2D eigenvalue weighted by molar-refractivity contribution is 7.89. The first-order valence-electron chi connectivity index (χ1n) is 6.58. The van der Waals surface area contributed by atoms with E-state index in [2.05, 4.69) is 4.72 Å². The largest absolute Gasteiger partial charge is 0.289 e. The third-order valence-electron chi connectivity index (χ3n) is 3.06. The second-order valence-electron chi connectivity index (χ2n) is 4.65. The Morgan fingerprint density at radius 2 is 1.55 bits per heavy atom. The third-order valence-corrected chi connectivity index (χ3v) is 4.55. The van der Waals surface area contributed by atoms with Gasteiger partial charge in [-0.1, -0.05) is 48.5 Å². The molecule has 6 nitrogen and oxygen atoms in total. The highest BCUT2D eigenvalue weighted by Crippen LogP contribution is 2.10. The first-order chi connectivity index (χ1) is 10.5. The zero-order chi connectivity index (χ0) is 16.0. The average molecular weight is 320 g/mol. The van der Waals surface area contributed by atoms with E-state index < -0.39 is 22.0 Å². The summed E-state index contributed by atoms with van der Waals surface area (Å²) in [4.78, 5) is 11.8. The Hall–Kier alpha value is -2.22. The quantitative estimate of drug-likeness (QED) is 0.548. The fourth-order valence-electron chi connectivity index (χ4n) is 1.97. The molecule has 2 aromatic carbocycles. The van der Waals surface area contributed by atoms with E-state index in [9.17, 15) is 13.2 Å². The number of hydroxylamine groups is 1. The van der Waals surface area contributed by atoms with Crippen molar-refractivity contribution in [2.24, 2.45) is 0 Å². The third kappa shape index (κ3) is 4.14. The number of rotatable bonds is 6. The van der Waals surface area contributed by atoms with Gasteiger partial charge in [-0.3, -0.25) is 10.0 Å². The Labute approximate surface area is 128 Å². The van der Waals surface area contributed by atoms with E-state index in [1.54, 1.807) is 42.5 Å². The summed E-state index contributed by atoms with van der Waals surface area (Å²) in [7, 11) is -3.86. The number of carbonyl (C=O) groups is 1. The Kier molecular flexibility index (Phi) is 5.26. The topological polar surface area (TPSA) is 95.5 Å². The Bertz CT molecular complexity index is 718. The minimum absolute atomic E-state index is 0.0544. The molecule has 0 fully saturated rings. The molecule has 1 unspecified atom stereocenters. The zero-order valence-electron chi connectivity index (χ0n) is 11.6. The van der Waals surface area contributed by atoms with Crippen LogP contribution >= 0.6 is 0 Å². The zero-order valence-corrected chi connectivity index (χ0v) is 12.5. The van der Waals surface area contributed by atoms with Crippen molar-refractivity contribution in [3.8, 4) is 0 Å². The molecule has 0 saturated carbocycles. The fourth-order valence-corrected chi connectivity index (χ4v) is 3.19. The average Bonchev–Trinajstić information content (AvgIpc) is 2.55. The molecule has 116 valence electrons. The van der Waals surface area contributed by atoms with Gasteiger partial charge in [0.1, 0.15) is 6.04 Å². The summed E-state index contributed by atoms with van der Waals surface area (Å²) in [5.41, 5.74) is 2.26. The van der Waals surface area contributed by atoms with E-state index in [-0.39, 0.29) is 11.3 Å². The molecule has 1 amide bonds. The maximum Gasteiger partial charge on any atom is 0.261 e. The molecule has 2 aromatic rings. The molecule has 0 bridgehead atoms. The summed E-state index contributed by atoms with van der Waals surface area (Å²) in [5.74, 6) is -0.816. The lowest BCUT2D eigenvalue weighted by Crippen LogP contribution is -2.47. The highest BCUT2D eigenvalue weighted by Gasteiger charge is 2.25. The molecular formula is C15H16N2O4S. The molecule has 0 aromatic heterocycles. The van der Waals surface area contributed by atoms with E-state index in [0.717, 1.165) is 5.56 Å². The van der Waals surface area contributed by atoms with E-state index in [0.29, 0.717) is 0 Å². The predicted octanol–water partition coefficient (Wildman–Crippen LogP) is 1.08. The number of benzene rings is 2. The van der Waals surface area contributed by atoms with Crippen LogP contribution < -0.4 is 10.2 Å². The van der Waals surface area contributed by atoms with Gasteiger partial charge < -0.3 is 0 Å². The summed E-state index contributed by atoms with van der Waals surface area (Å²) >= 11 is 0. The van der Waals surface area contributed by atoms with Gasteiger partial charge in [-0.05, 0) is 24.1 Å². The molecular weight excluding hydrogens is 304 g/mol. The van der Waals surface area contributed by atoms with Gasteiger partial charge in [0, 0.05) is 0 Å². The van der Waals surface area contributed by atoms with Crippen molar-refractivity contribution in [2.75, 3.05) is 0 Å². The summed E-state index contributed by atoms with van der Waals surface area (Å²) in [6, 6.07) is 15.6. The molecule has 0 heterocycles. The number of hydrogen-bond acceptors (Lipinski definition) is 4. The van der Waals surface area contributed by atoms with Gasteiger partial charge in [-0.15, -0.1) is 0 Å². The SMILES string of the molecule is O=C(NO)C(Cc1ccccc1)NS(=O)(=O)c1ccccc1. The van der Waals surface area contributed by atoms with Crippen molar-refractivity contribution in [1.82, 2.24) is 10.2 Å². The Morgan fingerprint density at radius 3 is 2.09 bits per heavy atom. The van der Waals surface area contributed by atoms with Crippen LogP contribution in [0.25, 0.3) is 0 Å². The molecule has 7 heteroatoms. The normalized spacial score (nSPS) is 12.6. The Morgan fingerprint density at radius 1 is 1.00 bits per heavy atom. The second kappa shape index (κ2) is 7.17. The molecule has 3 N–H and O–H groups in total. The molecule has 1 atom stereocenters. The number of sulfonamides is 1. The standard InChI is InChI=1S/C15H16N2O4S/c18-15(16-19)14(11-12-7-3-1-4-8-12)17-22(20,21)13-9-5-2-6-10-13/h1-10,14,17,19H,11H2,(H,16,18). The van der Waals surface area contributed by atoms with Crippen molar-refractivity contribution in [3.05, 3.63) is 66.2 Å². The van der Waals surface area contributed by atoms with Crippen molar-refractivity contribution >= 4 is 15.9 Å². The number of carbonyl (C=O) groups excluding carboxylic acids is 1. The van der Waals surface area contributed by atoms with Gasteiger partial charge >= 0.3 is 0 Å². The first-order valence-corrected chi connectivity index (χ1v) is 8.06. The minimum Gasteiger partial charge on any atom is -0.289 e. The second-order valence-corrected chi connectivity index (χ2v) is 6.37. The van der Waals surface area contributed by atoms with Crippen LogP contribution in [-0.2, 0) is 21.2 Å². The maximum absolute atomic E-state index is 12.3. The smallest absolute Gasteiger partial charge is 0.261 e. The molecule has 0 aliphatic rings. The monoisotopic (exact) mass is 320 g/mol. The summed E-state index contributed by atoms with van der Waals surface area (Å²) in [6.45, 7) is 0. The molecule has 0 aliphatic carbocycles. The first kappa shape index (κ1) is 16.2. The van der Waals surface area contributed by atoms with Crippen LogP contribution in [0.5, 0.6) is 0 Å². The van der Waals surface area contributed by atoms with E-state index in [1.807, 2.05) is 6.07 Å². The van der Waals surface area contributed by atoms with Crippen LogP contribution in [0.15, 0.2) is 65.6 Å². The Balaban J connectivity index is 2.22. The van der Waals surface area contributed by atoms with Crippen LogP contribution in [0.4, 0.5) is 0 Å². The lowest BCUT2D eigenvalue weighted by Gasteiger charge is -2.17. The predicted molar refractivity (Wildman–Crippen MR) is 80.6 cm³/mol. The van der Waals surface area contributed by atoms with Gasteiger partial charge in [-0.25, -0.2) is 13.9 Å². The minimum atomic E-state index is -3.86. The number of hydrogen-bond donors (Lipinski definition) is 3. The fraction of sp³-hybridized carbons (Fsp3) is 0.133. The molecule has 22 heavy (non-hydrogen) atoms. The molecule has 0 aliphatic heterocycles. The van der Waals surface area contributed by atoms with E-state index >= 15 is 0 Å². The van der Waals surface area contributed by atoms with Crippen molar-refractivity contribution in [3.63, 3.8) is 0 Å². The molecule has 0 saturated heterocycles. The lowest BCUT2D eigenvalue weighted by atomic mass is 10.1. The van der Waals surface area contributed by atoms with Crippen LogP contribution in [0.1, 0.15) is 5.56 Å². The summed E-state index contributed by atoms with van der Waals surface area (Å²) in [5, 5.41) is 8.82. The van der Waals surface area contributed by atoms with E-state index in [1.165, 1.54) is 17.6 Å². The number of nitrogens with one attached hydrogen (secondary N) is 2. The lowest BCUT2D eigenvalue weighted by molar-refractivity contribution is -0.130. The van der Waals surface area contributed by atoms with Gasteiger partial charge in [0.2, 0.25) is 10.0 Å². The molecule has 0 spiro atoms. The van der Waals surface area contributed by atoms with Crippen LogP contribution in [-0.4, -0.2) is 25.6 Å². The van der Waals surface area contributed by atoms with Crippen LogP contribution in [0.2, 0.25) is 0 Å². The highest BCUT2D eigenvalue weighted by atomic mass is 32.2. The molecule has 0 radical (unpaired) electrons. The van der Waals surface area contributed by atoms with Gasteiger partial charge in [0.05, 0.1) is 4.90 Å². The summed E-state index contributed by atoms with van der Waals surface area (Å²) in [6.07, 6.45) is 0.124. The van der Waals surface area contributed by atoms with Gasteiger partial charge in [0.25, 0.3) is 5.91 Å².